The number of aryl methyl sites for hydroxylation is 1. The molecule has 0 aromatic carbocycles. The number of aliphatic hydroxyl groups is 1. The lowest BCUT2D eigenvalue weighted by atomic mass is 10.1. The van der Waals surface area contributed by atoms with E-state index < -0.39 is 5.60 Å². The van der Waals surface area contributed by atoms with Crippen LogP contribution >= 0.6 is 11.3 Å². The highest BCUT2D eigenvalue weighted by Crippen LogP contribution is 2.10. The van der Waals surface area contributed by atoms with E-state index in [1.165, 1.54) is 4.88 Å². The Morgan fingerprint density at radius 3 is 2.83 bits per heavy atom. The SMILES string of the molecule is CN(C)CC(C)(O)CNC(=O)CCc1cccs1. The van der Waals surface area contributed by atoms with Gasteiger partial charge in [-0.15, -0.1) is 11.3 Å². The van der Waals surface area contributed by atoms with E-state index in [1.54, 1.807) is 18.3 Å². The van der Waals surface area contributed by atoms with Gasteiger partial charge in [-0.3, -0.25) is 4.79 Å². The van der Waals surface area contributed by atoms with Crippen LogP contribution in [-0.2, 0) is 11.2 Å². The summed E-state index contributed by atoms with van der Waals surface area (Å²) in [6.45, 7) is 2.54. The number of amides is 1. The van der Waals surface area contributed by atoms with E-state index in [-0.39, 0.29) is 12.5 Å². The number of carbonyl (C=O) groups excluding carboxylic acids is 1. The lowest BCUT2D eigenvalue weighted by molar-refractivity contribution is -0.122. The number of nitrogens with zero attached hydrogens (tertiary/aromatic N) is 1. The van der Waals surface area contributed by atoms with Crippen molar-refractivity contribution in [3.05, 3.63) is 22.4 Å². The number of thiophene rings is 1. The average molecular weight is 270 g/mol. The van der Waals surface area contributed by atoms with Crippen molar-refractivity contribution < 1.29 is 9.90 Å². The average Bonchev–Trinajstić information content (AvgIpc) is 2.74. The first-order valence-corrected chi connectivity index (χ1v) is 6.93. The zero-order chi connectivity index (χ0) is 13.6. The van der Waals surface area contributed by atoms with Crippen LogP contribution in [0, 0.1) is 0 Å². The van der Waals surface area contributed by atoms with Crippen molar-refractivity contribution in [1.29, 1.82) is 0 Å². The zero-order valence-electron chi connectivity index (χ0n) is 11.3. The van der Waals surface area contributed by atoms with Crippen molar-refractivity contribution in [2.24, 2.45) is 0 Å². The third kappa shape index (κ3) is 6.14. The third-order valence-corrected chi connectivity index (χ3v) is 3.44. The summed E-state index contributed by atoms with van der Waals surface area (Å²) in [5.41, 5.74) is -0.887. The summed E-state index contributed by atoms with van der Waals surface area (Å²) >= 11 is 1.66. The van der Waals surface area contributed by atoms with E-state index in [0.717, 1.165) is 6.42 Å². The molecule has 1 amide bonds. The number of hydrogen-bond acceptors (Lipinski definition) is 4. The van der Waals surface area contributed by atoms with Gasteiger partial charge in [-0.1, -0.05) is 6.07 Å². The van der Waals surface area contributed by atoms with Crippen LogP contribution in [0.25, 0.3) is 0 Å². The molecule has 0 aliphatic rings. The second kappa shape index (κ2) is 6.87. The normalized spacial score (nSPS) is 14.5. The van der Waals surface area contributed by atoms with Gasteiger partial charge in [0, 0.05) is 24.4 Å². The fourth-order valence-electron chi connectivity index (χ4n) is 1.81. The Hall–Kier alpha value is -0.910. The second-order valence-electron chi connectivity index (χ2n) is 5.09. The monoisotopic (exact) mass is 270 g/mol. The van der Waals surface area contributed by atoms with Gasteiger partial charge in [-0.2, -0.15) is 0 Å². The third-order valence-electron chi connectivity index (χ3n) is 2.50. The molecule has 0 saturated carbocycles. The Morgan fingerprint density at radius 1 is 1.56 bits per heavy atom. The fraction of sp³-hybridized carbons (Fsp3) is 0.615. The summed E-state index contributed by atoms with van der Waals surface area (Å²) in [7, 11) is 3.79. The highest BCUT2D eigenvalue weighted by Gasteiger charge is 2.21. The number of likely N-dealkylation sites (N-methyl/N-ethyl adjacent to an activating group) is 1. The summed E-state index contributed by atoms with van der Waals surface area (Å²) in [4.78, 5) is 14.8. The van der Waals surface area contributed by atoms with Crippen LogP contribution in [0.4, 0.5) is 0 Å². The van der Waals surface area contributed by atoms with Crippen LogP contribution in [0.5, 0.6) is 0 Å². The predicted octanol–water partition coefficient (Wildman–Crippen LogP) is 1.11. The second-order valence-corrected chi connectivity index (χ2v) is 6.12. The minimum Gasteiger partial charge on any atom is -0.387 e. The Balaban J connectivity index is 2.24. The number of hydrogen-bond donors (Lipinski definition) is 2. The molecule has 0 radical (unpaired) electrons. The first-order valence-electron chi connectivity index (χ1n) is 6.05. The van der Waals surface area contributed by atoms with Crippen LogP contribution < -0.4 is 5.32 Å². The lowest BCUT2D eigenvalue weighted by Gasteiger charge is -2.27. The molecule has 1 atom stereocenters. The zero-order valence-corrected chi connectivity index (χ0v) is 12.1. The first kappa shape index (κ1) is 15.1. The summed E-state index contributed by atoms with van der Waals surface area (Å²) in [5, 5.41) is 14.8. The highest BCUT2D eigenvalue weighted by molar-refractivity contribution is 7.09. The van der Waals surface area contributed by atoms with E-state index in [4.69, 9.17) is 0 Å². The molecule has 1 aromatic rings. The molecule has 4 nitrogen and oxygen atoms in total. The molecule has 1 unspecified atom stereocenters. The Labute approximate surface area is 113 Å². The molecule has 2 N–H and O–H groups in total. The molecule has 5 heteroatoms. The quantitative estimate of drug-likeness (QED) is 0.780. The van der Waals surface area contributed by atoms with Gasteiger partial charge in [0.15, 0.2) is 0 Å². The van der Waals surface area contributed by atoms with Gasteiger partial charge < -0.3 is 15.3 Å². The molecule has 0 spiro atoms. The van der Waals surface area contributed by atoms with Gasteiger partial charge in [0.05, 0.1) is 5.60 Å². The molecule has 0 saturated heterocycles. The van der Waals surface area contributed by atoms with Crippen molar-refractivity contribution >= 4 is 17.2 Å². The summed E-state index contributed by atoms with van der Waals surface area (Å²) < 4.78 is 0. The largest absolute Gasteiger partial charge is 0.387 e. The van der Waals surface area contributed by atoms with Crippen LogP contribution in [0.15, 0.2) is 17.5 Å². The molecule has 1 rings (SSSR count). The number of nitrogens with one attached hydrogen (secondary N) is 1. The van der Waals surface area contributed by atoms with Crippen molar-refractivity contribution in [1.82, 2.24) is 10.2 Å². The van der Waals surface area contributed by atoms with E-state index in [2.05, 4.69) is 5.32 Å². The number of rotatable bonds is 7. The van der Waals surface area contributed by atoms with Gasteiger partial charge in [0.25, 0.3) is 0 Å². The molecule has 1 aromatic heterocycles. The minimum atomic E-state index is -0.887. The van der Waals surface area contributed by atoms with Crippen molar-refractivity contribution in [2.45, 2.75) is 25.4 Å². The minimum absolute atomic E-state index is 0.0116. The van der Waals surface area contributed by atoms with Gasteiger partial charge in [0.1, 0.15) is 0 Å². The van der Waals surface area contributed by atoms with Crippen LogP contribution in [0.1, 0.15) is 18.2 Å². The molecule has 1 heterocycles. The number of carbonyl (C=O) groups is 1. The first-order chi connectivity index (χ1) is 8.39. The van der Waals surface area contributed by atoms with E-state index in [0.29, 0.717) is 13.0 Å². The highest BCUT2D eigenvalue weighted by atomic mass is 32.1. The summed E-state index contributed by atoms with van der Waals surface area (Å²) in [6.07, 6.45) is 1.23. The van der Waals surface area contributed by atoms with E-state index >= 15 is 0 Å². The summed E-state index contributed by atoms with van der Waals surface area (Å²) in [6, 6.07) is 4.01. The molecule has 0 aliphatic carbocycles. The van der Waals surface area contributed by atoms with Crippen molar-refractivity contribution in [3.8, 4) is 0 Å². The van der Waals surface area contributed by atoms with Crippen LogP contribution in [0.3, 0.4) is 0 Å². The molecular weight excluding hydrogens is 248 g/mol. The predicted molar refractivity (Wildman–Crippen MR) is 74.8 cm³/mol. The van der Waals surface area contributed by atoms with Crippen molar-refractivity contribution in [2.75, 3.05) is 27.2 Å². The Morgan fingerprint density at radius 2 is 2.28 bits per heavy atom. The van der Waals surface area contributed by atoms with Gasteiger partial charge in [0.2, 0.25) is 5.91 Å². The molecule has 0 aliphatic heterocycles. The Bertz CT molecular complexity index is 361. The fourth-order valence-corrected chi connectivity index (χ4v) is 2.52. The molecule has 102 valence electrons. The van der Waals surface area contributed by atoms with E-state index in [9.17, 15) is 9.90 Å². The molecule has 0 bridgehead atoms. The van der Waals surface area contributed by atoms with Gasteiger partial charge in [-0.25, -0.2) is 0 Å². The summed E-state index contributed by atoms with van der Waals surface area (Å²) in [5.74, 6) is -0.0116. The van der Waals surface area contributed by atoms with Crippen LogP contribution in [-0.4, -0.2) is 48.7 Å². The van der Waals surface area contributed by atoms with E-state index in [1.807, 2.05) is 36.5 Å². The maximum absolute atomic E-state index is 11.6. The smallest absolute Gasteiger partial charge is 0.220 e. The lowest BCUT2D eigenvalue weighted by Crippen LogP contribution is -2.47. The van der Waals surface area contributed by atoms with Gasteiger partial charge >= 0.3 is 0 Å². The topological polar surface area (TPSA) is 52.6 Å². The van der Waals surface area contributed by atoms with Crippen LogP contribution in [0.2, 0.25) is 0 Å². The standard InChI is InChI=1S/C13H22N2O2S/c1-13(17,10-15(2)3)9-14-12(16)7-6-11-5-4-8-18-11/h4-5,8,17H,6-7,9-10H2,1-3H3,(H,14,16). The maximum atomic E-state index is 11.6. The maximum Gasteiger partial charge on any atom is 0.220 e. The molecule has 0 fully saturated rings. The molecule has 18 heavy (non-hydrogen) atoms. The Kier molecular flexibility index (Phi) is 5.78. The van der Waals surface area contributed by atoms with Crippen molar-refractivity contribution in [3.63, 3.8) is 0 Å². The molecular formula is C13H22N2O2S. The van der Waals surface area contributed by atoms with Gasteiger partial charge in [-0.05, 0) is 38.9 Å².